The van der Waals surface area contributed by atoms with Gasteiger partial charge in [0.2, 0.25) is 0 Å². The molecule has 8 heteroatoms. The van der Waals surface area contributed by atoms with Crippen LogP contribution in [-0.4, -0.2) is 32.6 Å². The van der Waals surface area contributed by atoms with Gasteiger partial charge >= 0.3 is 0 Å². The minimum absolute atomic E-state index is 0.0436. The maximum atomic E-state index is 12.8. The number of sulfonamides is 1. The summed E-state index contributed by atoms with van der Waals surface area (Å²) in [4.78, 5) is 8.35. The number of aryl methyl sites for hydroxylation is 2. The molecule has 7 nitrogen and oxygen atoms in total. The molecule has 4 rings (SSSR count). The van der Waals surface area contributed by atoms with Crippen LogP contribution >= 0.6 is 0 Å². The van der Waals surface area contributed by atoms with Gasteiger partial charge in [0.25, 0.3) is 10.0 Å². The Bertz CT molecular complexity index is 1320. The van der Waals surface area contributed by atoms with Crippen LogP contribution in [0, 0.1) is 0 Å². The zero-order valence-corrected chi connectivity index (χ0v) is 18.6. The lowest BCUT2D eigenvalue weighted by Crippen LogP contribution is -2.15. The third-order valence-corrected chi connectivity index (χ3v) is 6.32. The molecule has 0 aliphatic rings. The first-order chi connectivity index (χ1) is 15.5. The second-order valence-corrected chi connectivity index (χ2v) is 8.84. The van der Waals surface area contributed by atoms with Crippen molar-refractivity contribution in [2.24, 2.45) is 0 Å². The van der Waals surface area contributed by atoms with Crippen LogP contribution in [-0.2, 0) is 22.9 Å². The van der Waals surface area contributed by atoms with E-state index in [-0.39, 0.29) is 5.03 Å². The number of benzene rings is 2. The highest BCUT2D eigenvalue weighted by Gasteiger charge is 2.18. The number of fused-ring (bicyclic) bond motifs is 1. The maximum Gasteiger partial charge on any atom is 0.279 e. The van der Waals surface area contributed by atoms with Crippen molar-refractivity contribution >= 4 is 26.6 Å². The fraction of sp³-hybridized carbons (Fsp3) is 0.167. The molecule has 0 saturated heterocycles. The molecule has 1 N–H and O–H groups in total. The van der Waals surface area contributed by atoms with Crippen LogP contribution in [0.4, 0.5) is 5.69 Å². The van der Waals surface area contributed by atoms with Gasteiger partial charge in [-0.1, -0.05) is 12.1 Å². The van der Waals surface area contributed by atoms with E-state index >= 15 is 0 Å². The van der Waals surface area contributed by atoms with Gasteiger partial charge in [0, 0.05) is 23.8 Å². The SMILES string of the molecule is COc1cc(CCc2cc(NS(=O)(=O)c3ccccn3)c3ncccc3c2)cc(OC)c1. The van der Waals surface area contributed by atoms with Crippen LogP contribution < -0.4 is 14.2 Å². The molecule has 0 amide bonds. The quantitative estimate of drug-likeness (QED) is 0.433. The fourth-order valence-electron chi connectivity index (χ4n) is 3.48. The summed E-state index contributed by atoms with van der Waals surface area (Å²) in [5.74, 6) is 1.46. The van der Waals surface area contributed by atoms with Crippen molar-refractivity contribution in [2.45, 2.75) is 17.9 Å². The van der Waals surface area contributed by atoms with Gasteiger partial charge in [-0.15, -0.1) is 0 Å². The third-order valence-electron chi connectivity index (χ3n) is 5.04. The number of pyridine rings is 2. The van der Waals surface area contributed by atoms with Crippen LogP contribution in [0.1, 0.15) is 11.1 Å². The van der Waals surface area contributed by atoms with E-state index in [1.807, 2.05) is 42.5 Å². The average molecular weight is 450 g/mol. The van der Waals surface area contributed by atoms with E-state index in [1.54, 1.807) is 32.5 Å². The summed E-state index contributed by atoms with van der Waals surface area (Å²) >= 11 is 0. The number of anilines is 1. The van der Waals surface area contributed by atoms with Crippen molar-refractivity contribution in [1.29, 1.82) is 0 Å². The van der Waals surface area contributed by atoms with Crippen molar-refractivity contribution in [2.75, 3.05) is 18.9 Å². The number of nitrogens with zero attached hydrogens (tertiary/aromatic N) is 2. The summed E-state index contributed by atoms with van der Waals surface area (Å²) in [6.45, 7) is 0. The zero-order valence-electron chi connectivity index (χ0n) is 17.8. The first-order valence-corrected chi connectivity index (χ1v) is 11.5. The third kappa shape index (κ3) is 4.81. The summed E-state index contributed by atoms with van der Waals surface area (Å²) in [6, 6.07) is 18.1. The lowest BCUT2D eigenvalue weighted by molar-refractivity contribution is 0.393. The summed E-state index contributed by atoms with van der Waals surface area (Å²) in [5.41, 5.74) is 3.04. The summed E-state index contributed by atoms with van der Waals surface area (Å²) in [5, 5.41) is 0.810. The second-order valence-electron chi connectivity index (χ2n) is 7.21. The van der Waals surface area contributed by atoms with Gasteiger partial charge in [-0.05, 0) is 66.4 Å². The highest BCUT2D eigenvalue weighted by atomic mass is 32.2. The van der Waals surface area contributed by atoms with Gasteiger partial charge in [0.15, 0.2) is 5.03 Å². The van der Waals surface area contributed by atoms with E-state index in [1.165, 1.54) is 12.3 Å². The molecule has 4 aromatic rings. The van der Waals surface area contributed by atoms with E-state index < -0.39 is 10.0 Å². The topological polar surface area (TPSA) is 90.4 Å². The Kier molecular flexibility index (Phi) is 6.23. The molecule has 0 aliphatic carbocycles. The molecule has 0 unspecified atom stereocenters. The minimum Gasteiger partial charge on any atom is -0.497 e. The highest BCUT2D eigenvalue weighted by Crippen LogP contribution is 2.28. The summed E-state index contributed by atoms with van der Waals surface area (Å²) in [6.07, 6.45) is 4.51. The van der Waals surface area contributed by atoms with Crippen molar-refractivity contribution in [3.63, 3.8) is 0 Å². The standard InChI is InChI=1S/C24H23N3O4S/c1-30-20-13-18(14-21(16-20)31-2)9-8-17-12-19-6-5-11-26-24(19)22(15-17)27-32(28,29)23-7-3-4-10-25-23/h3-7,10-16,27H,8-9H2,1-2H3. The van der Waals surface area contributed by atoms with Crippen LogP contribution in [0.5, 0.6) is 11.5 Å². The predicted octanol–water partition coefficient (Wildman–Crippen LogP) is 4.23. The number of nitrogens with one attached hydrogen (secondary N) is 1. The lowest BCUT2D eigenvalue weighted by atomic mass is 10.0. The fourth-order valence-corrected chi connectivity index (χ4v) is 4.49. The summed E-state index contributed by atoms with van der Waals surface area (Å²) < 4.78 is 39.1. The molecule has 2 aromatic carbocycles. The Balaban J connectivity index is 1.65. The molecule has 0 atom stereocenters. The Morgan fingerprint density at radius 3 is 2.16 bits per heavy atom. The number of rotatable bonds is 8. The van der Waals surface area contributed by atoms with E-state index in [4.69, 9.17) is 9.47 Å². The molecule has 2 heterocycles. The molecule has 164 valence electrons. The Morgan fingerprint density at radius 1 is 0.812 bits per heavy atom. The highest BCUT2D eigenvalue weighted by molar-refractivity contribution is 7.92. The average Bonchev–Trinajstić information content (AvgIpc) is 2.83. The summed E-state index contributed by atoms with van der Waals surface area (Å²) in [7, 11) is -0.601. The first kappa shape index (κ1) is 21.6. The van der Waals surface area contributed by atoms with Crippen LogP contribution in [0.15, 0.2) is 78.1 Å². The van der Waals surface area contributed by atoms with E-state index in [2.05, 4.69) is 14.7 Å². The van der Waals surface area contributed by atoms with Gasteiger partial charge in [0.05, 0.1) is 25.4 Å². The van der Waals surface area contributed by atoms with Crippen molar-refractivity contribution in [3.8, 4) is 11.5 Å². The largest absolute Gasteiger partial charge is 0.497 e. The number of ether oxygens (including phenoxy) is 2. The minimum atomic E-state index is -3.84. The maximum absolute atomic E-state index is 12.8. The molecule has 0 radical (unpaired) electrons. The van der Waals surface area contributed by atoms with E-state index in [0.717, 1.165) is 34.4 Å². The Morgan fingerprint density at radius 2 is 1.50 bits per heavy atom. The van der Waals surface area contributed by atoms with Crippen molar-refractivity contribution < 1.29 is 17.9 Å². The lowest BCUT2D eigenvalue weighted by Gasteiger charge is -2.13. The smallest absolute Gasteiger partial charge is 0.279 e. The van der Waals surface area contributed by atoms with Crippen LogP contribution in [0.2, 0.25) is 0 Å². The number of hydrogen-bond donors (Lipinski definition) is 1. The van der Waals surface area contributed by atoms with E-state index in [9.17, 15) is 8.42 Å². The molecule has 0 aliphatic heterocycles. The molecule has 32 heavy (non-hydrogen) atoms. The van der Waals surface area contributed by atoms with Gasteiger partial charge in [-0.2, -0.15) is 8.42 Å². The van der Waals surface area contributed by atoms with E-state index in [0.29, 0.717) is 17.6 Å². The normalized spacial score (nSPS) is 11.3. The molecular formula is C24H23N3O4S. The van der Waals surface area contributed by atoms with Crippen LogP contribution in [0.3, 0.4) is 0 Å². The van der Waals surface area contributed by atoms with Crippen molar-refractivity contribution in [3.05, 3.63) is 84.2 Å². The molecule has 0 fully saturated rings. The van der Waals surface area contributed by atoms with Crippen molar-refractivity contribution in [1.82, 2.24) is 9.97 Å². The van der Waals surface area contributed by atoms with Gasteiger partial charge in [-0.25, -0.2) is 4.98 Å². The predicted molar refractivity (Wildman–Crippen MR) is 124 cm³/mol. The van der Waals surface area contributed by atoms with Gasteiger partial charge < -0.3 is 9.47 Å². The zero-order chi connectivity index (χ0) is 22.6. The molecule has 0 spiro atoms. The monoisotopic (exact) mass is 449 g/mol. The van der Waals surface area contributed by atoms with Crippen LogP contribution in [0.25, 0.3) is 10.9 Å². The number of hydrogen-bond acceptors (Lipinski definition) is 6. The number of methoxy groups -OCH3 is 2. The van der Waals surface area contributed by atoms with Gasteiger partial charge in [0.1, 0.15) is 11.5 Å². The number of aromatic nitrogens is 2. The van der Waals surface area contributed by atoms with Gasteiger partial charge in [-0.3, -0.25) is 9.71 Å². The first-order valence-electron chi connectivity index (χ1n) is 10.0. The Hall–Kier alpha value is -3.65. The molecule has 0 saturated carbocycles. The molecule has 2 aromatic heterocycles. The molecular weight excluding hydrogens is 426 g/mol. The molecule has 0 bridgehead atoms. The second kappa shape index (κ2) is 9.23. The Labute approximate surface area is 187 Å².